The Bertz CT molecular complexity index is 550. The summed E-state index contributed by atoms with van der Waals surface area (Å²) in [6.07, 6.45) is 0.813. The first-order valence-corrected chi connectivity index (χ1v) is 9.20. The topological polar surface area (TPSA) is 58.1 Å². The van der Waals surface area contributed by atoms with Crippen LogP contribution in [0.25, 0.3) is 0 Å². The molecule has 1 aromatic carbocycles. The Labute approximate surface area is 160 Å². The maximum Gasteiger partial charge on any atom is 0.191 e. The van der Waals surface area contributed by atoms with Gasteiger partial charge in [-0.15, -0.1) is 0 Å². The molecule has 1 atom stereocenters. The average Bonchev–Trinajstić information content (AvgIpc) is 2.62. The lowest BCUT2D eigenvalue weighted by Crippen LogP contribution is -2.39. The number of ether oxygens (including phenoxy) is 2. The molecule has 27 heavy (non-hydrogen) atoms. The van der Waals surface area contributed by atoms with E-state index in [0.717, 1.165) is 6.42 Å². The maximum atomic E-state index is 14.1. The summed E-state index contributed by atoms with van der Waals surface area (Å²) >= 11 is 0. The molecule has 0 radical (unpaired) electrons. The molecular weight excluding hydrogens is 354 g/mol. The molecule has 0 heterocycles. The second kappa shape index (κ2) is 13.4. The van der Waals surface area contributed by atoms with E-state index in [1.807, 2.05) is 6.92 Å². The number of hydrogen-bond donors (Lipinski definition) is 2. The largest absolute Gasteiger partial charge is 0.382 e. The van der Waals surface area contributed by atoms with Crippen LogP contribution in [0.15, 0.2) is 23.2 Å². The molecule has 0 aliphatic heterocycles. The van der Waals surface area contributed by atoms with Crippen LogP contribution in [-0.4, -0.2) is 71.5 Å². The van der Waals surface area contributed by atoms with E-state index in [0.29, 0.717) is 38.9 Å². The van der Waals surface area contributed by atoms with E-state index in [4.69, 9.17) is 9.47 Å². The molecule has 154 valence electrons. The smallest absolute Gasteiger partial charge is 0.191 e. The number of nitrogens with zero attached hydrogens (tertiary/aromatic N) is 2. The summed E-state index contributed by atoms with van der Waals surface area (Å²) in [5.74, 6) is -0.511. The minimum absolute atomic E-state index is 0.0358. The Morgan fingerprint density at radius 1 is 1.15 bits per heavy atom. The number of hydrogen-bond acceptors (Lipinski definition) is 4. The van der Waals surface area contributed by atoms with Gasteiger partial charge in [0.1, 0.15) is 11.6 Å². The molecule has 6 nitrogen and oxygen atoms in total. The van der Waals surface area contributed by atoms with Crippen LogP contribution in [-0.2, 0) is 9.47 Å². The first kappa shape index (κ1) is 23.3. The minimum atomic E-state index is -0.560. The number of halogens is 2. The molecule has 8 heteroatoms. The number of guanidine groups is 1. The van der Waals surface area contributed by atoms with Gasteiger partial charge in [-0.2, -0.15) is 0 Å². The molecule has 0 amide bonds. The van der Waals surface area contributed by atoms with E-state index in [1.165, 1.54) is 18.2 Å². The zero-order chi connectivity index (χ0) is 20.1. The van der Waals surface area contributed by atoms with Crippen molar-refractivity contribution in [2.24, 2.45) is 4.99 Å². The summed E-state index contributed by atoms with van der Waals surface area (Å²) in [5, 5.41) is 6.35. The summed E-state index contributed by atoms with van der Waals surface area (Å²) in [6, 6.07) is 3.40. The van der Waals surface area contributed by atoms with Crippen LogP contribution in [0.3, 0.4) is 0 Å². The van der Waals surface area contributed by atoms with Gasteiger partial charge in [0.25, 0.3) is 0 Å². The second-order valence-electron chi connectivity index (χ2n) is 6.22. The average molecular weight is 386 g/mol. The van der Waals surface area contributed by atoms with Crippen molar-refractivity contribution in [1.29, 1.82) is 0 Å². The molecule has 1 unspecified atom stereocenters. The van der Waals surface area contributed by atoms with Gasteiger partial charge in [0, 0.05) is 32.4 Å². The van der Waals surface area contributed by atoms with Crippen LogP contribution in [0.2, 0.25) is 0 Å². The van der Waals surface area contributed by atoms with Crippen LogP contribution in [0, 0.1) is 11.6 Å². The van der Waals surface area contributed by atoms with Gasteiger partial charge in [0.05, 0.1) is 25.8 Å². The van der Waals surface area contributed by atoms with E-state index in [2.05, 4.69) is 15.6 Å². The lowest BCUT2D eigenvalue weighted by molar-refractivity contribution is 0.0698. The molecule has 0 saturated heterocycles. The zero-order valence-electron chi connectivity index (χ0n) is 16.7. The fraction of sp³-hybridized carbons (Fsp3) is 0.632. The van der Waals surface area contributed by atoms with E-state index in [9.17, 15) is 8.78 Å². The van der Waals surface area contributed by atoms with E-state index >= 15 is 0 Å². The monoisotopic (exact) mass is 386 g/mol. The number of methoxy groups -OCH3 is 1. The van der Waals surface area contributed by atoms with E-state index in [-0.39, 0.29) is 12.1 Å². The normalized spacial score (nSPS) is 13.1. The molecule has 0 aliphatic carbocycles. The van der Waals surface area contributed by atoms with Crippen molar-refractivity contribution in [3.63, 3.8) is 0 Å². The number of rotatable bonds is 12. The number of likely N-dealkylation sites (N-methyl/N-ethyl adjacent to an activating group) is 1. The summed E-state index contributed by atoms with van der Waals surface area (Å²) in [6.45, 7) is 5.34. The van der Waals surface area contributed by atoms with Crippen LogP contribution < -0.4 is 10.6 Å². The highest BCUT2D eigenvalue weighted by molar-refractivity contribution is 5.79. The Morgan fingerprint density at radius 2 is 1.85 bits per heavy atom. The van der Waals surface area contributed by atoms with Gasteiger partial charge < -0.3 is 25.0 Å². The Balaban J connectivity index is 2.65. The molecule has 0 bridgehead atoms. The molecule has 0 spiro atoms. The molecule has 1 aromatic rings. The summed E-state index contributed by atoms with van der Waals surface area (Å²) < 4.78 is 38.6. The van der Waals surface area contributed by atoms with Crippen LogP contribution in [0.1, 0.15) is 24.9 Å². The Kier molecular flexibility index (Phi) is 11.6. The van der Waals surface area contributed by atoms with Crippen molar-refractivity contribution in [1.82, 2.24) is 15.5 Å². The zero-order valence-corrected chi connectivity index (χ0v) is 16.7. The summed E-state index contributed by atoms with van der Waals surface area (Å²) in [4.78, 5) is 6.26. The molecule has 2 N–H and O–H groups in total. The quantitative estimate of drug-likeness (QED) is 0.328. The van der Waals surface area contributed by atoms with Crippen LogP contribution in [0.5, 0.6) is 0 Å². The van der Waals surface area contributed by atoms with Crippen molar-refractivity contribution in [2.45, 2.75) is 19.4 Å². The van der Waals surface area contributed by atoms with Crippen molar-refractivity contribution in [3.8, 4) is 0 Å². The number of nitrogens with one attached hydrogen (secondary N) is 2. The third-order valence-electron chi connectivity index (χ3n) is 3.91. The highest BCUT2D eigenvalue weighted by Crippen LogP contribution is 2.24. The Morgan fingerprint density at radius 3 is 2.44 bits per heavy atom. The third-order valence-corrected chi connectivity index (χ3v) is 3.91. The predicted molar refractivity (Wildman–Crippen MR) is 104 cm³/mol. The van der Waals surface area contributed by atoms with Gasteiger partial charge in [-0.3, -0.25) is 4.99 Å². The van der Waals surface area contributed by atoms with E-state index < -0.39 is 17.7 Å². The standard InChI is InChI=1S/C19H32F2N4O2/c1-5-22-19(23-10-7-11-27-13-12-26-4)24-14-17(25(2)3)18-15(20)8-6-9-16(18)21/h6,8-9,17H,5,7,10-14H2,1-4H3,(H2,22,23,24). The third kappa shape index (κ3) is 8.64. The van der Waals surface area contributed by atoms with E-state index in [1.54, 1.807) is 26.1 Å². The maximum absolute atomic E-state index is 14.1. The van der Waals surface area contributed by atoms with Crippen molar-refractivity contribution in [3.05, 3.63) is 35.4 Å². The molecule has 0 saturated carbocycles. The van der Waals surface area contributed by atoms with Crippen LogP contribution in [0.4, 0.5) is 8.78 Å². The van der Waals surface area contributed by atoms with Gasteiger partial charge in [-0.05, 0) is 39.6 Å². The number of aliphatic imine (C=N–C) groups is 1. The molecule has 1 rings (SSSR count). The SMILES string of the molecule is CCNC(=NCC(c1c(F)cccc1F)N(C)C)NCCCOCCOC. The fourth-order valence-electron chi connectivity index (χ4n) is 2.49. The first-order chi connectivity index (χ1) is 13.0. The summed E-state index contributed by atoms with van der Waals surface area (Å²) in [5.41, 5.74) is 0.0358. The first-order valence-electron chi connectivity index (χ1n) is 9.20. The van der Waals surface area contributed by atoms with Gasteiger partial charge >= 0.3 is 0 Å². The second-order valence-corrected chi connectivity index (χ2v) is 6.22. The fourth-order valence-corrected chi connectivity index (χ4v) is 2.49. The highest BCUT2D eigenvalue weighted by Gasteiger charge is 2.22. The van der Waals surface area contributed by atoms with Crippen molar-refractivity contribution in [2.75, 3.05) is 60.7 Å². The minimum Gasteiger partial charge on any atom is -0.382 e. The van der Waals surface area contributed by atoms with Crippen LogP contribution >= 0.6 is 0 Å². The van der Waals surface area contributed by atoms with Gasteiger partial charge in [0.15, 0.2) is 5.96 Å². The Hall–Kier alpha value is -1.77. The number of benzene rings is 1. The molecule has 0 fully saturated rings. The van der Waals surface area contributed by atoms with Crippen molar-refractivity contribution < 1.29 is 18.3 Å². The molecule has 0 aromatic heterocycles. The van der Waals surface area contributed by atoms with Crippen molar-refractivity contribution >= 4 is 5.96 Å². The summed E-state index contributed by atoms with van der Waals surface area (Å²) in [7, 11) is 5.20. The lowest BCUT2D eigenvalue weighted by Gasteiger charge is -2.24. The lowest BCUT2D eigenvalue weighted by atomic mass is 10.0. The highest BCUT2D eigenvalue weighted by atomic mass is 19.1. The molecular formula is C19H32F2N4O2. The van der Waals surface area contributed by atoms with Gasteiger partial charge in [-0.25, -0.2) is 8.78 Å². The van der Waals surface area contributed by atoms with Gasteiger partial charge in [0.2, 0.25) is 0 Å². The molecule has 0 aliphatic rings. The predicted octanol–water partition coefficient (Wildman–Crippen LogP) is 2.18. The van der Waals surface area contributed by atoms with Gasteiger partial charge in [-0.1, -0.05) is 6.07 Å².